The lowest BCUT2D eigenvalue weighted by molar-refractivity contribution is 0.0282. The fourth-order valence-corrected chi connectivity index (χ4v) is 1.50. The van der Waals surface area contributed by atoms with E-state index in [4.69, 9.17) is 4.74 Å². The Hall–Kier alpha value is -0.0800. The first-order valence-electron chi connectivity index (χ1n) is 4.70. The fourth-order valence-electron chi connectivity index (χ4n) is 1.50. The number of ether oxygens (including phenoxy) is 1. The minimum absolute atomic E-state index is 0.0325. The summed E-state index contributed by atoms with van der Waals surface area (Å²) in [5.41, 5.74) is 0.0325. The molecule has 0 fully saturated rings. The Morgan fingerprint density at radius 1 is 1.50 bits per heavy atom. The lowest BCUT2D eigenvalue weighted by Crippen LogP contribution is -2.32. The van der Waals surface area contributed by atoms with Crippen LogP contribution in [0.15, 0.2) is 0 Å². The number of rotatable bonds is 6. The quantitative estimate of drug-likeness (QED) is 0.668. The van der Waals surface area contributed by atoms with E-state index in [-0.39, 0.29) is 12.0 Å². The van der Waals surface area contributed by atoms with Crippen molar-refractivity contribution in [2.24, 2.45) is 11.3 Å². The molecule has 0 rings (SSSR count). The Morgan fingerprint density at radius 2 is 2.08 bits per heavy atom. The van der Waals surface area contributed by atoms with Gasteiger partial charge in [-0.15, -0.1) is 0 Å². The summed E-state index contributed by atoms with van der Waals surface area (Å²) >= 11 is 0. The minimum Gasteiger partial charge on any atom is -0.396 e. The van der Waals surface area contributed by atoms with Gasteiger partial charge in [0.05, 0.1) is 0 Å². The third-order valence-electron chi connectivity index (χ3n) is 2.79. The molecule has 0 radical (unpaired) electrons. The topological polar surface area (TPSA) is 29.5 Å². The number of aliphatic hydroxyl groups is 1. The van der Waals surface area contributed by atoms with Crippen LogP contribution < -0.4 is 0 Å². The van der Waals surface area contributed by atoms with Gasteiger partial charge in [-0.2, -0.15) is 0 Å². The molecular formula is C10H22O2. The molecular weight excluding hydrogens is 152 g/mol. The van der Waals surface area contributed by atoms with Gasteiger partial charge in [0.25, 0.3) is 0 Å². The summed E-state index contributed by atoms with van der Waals surface area (Å²) in [5.74, 6) is 0.424. The highest BCUT2D eigenvalue weighted by molar-refractivity contribution is 4.78. The van der Waals surface area contributed by atoms with Gasteiger partial charge in [0.15, 0.2) is 0 Å². The Balaban J connectivity index is 4.08. The highest BCUT2D eigenvalue weighted by atomic mass is 16.5. The molecule has 0 saturated heterocycles. The van der Waals surface area contributed by atoms with E-state index in [0.29, 0.717) is 5.92 Å². The van der Waals surface area contributed by atoms with E-state index in [1.54, 1.807) is 7.11 Å². The molecule has 0 aliphatic heterocycles. The van der Waals surface area contributed by atoms with Crippen molar-refractivity contribution in [3.63, 3.8) is 0 Å². The van der Waals surface area contributed by atoms with E-state index in [2.05, 4.69) is 20.8 Å². The zero-order chi connectivity index (χ0) is 9.61. The van der Waals surface area contributed by atoms with Crippen LogP contribution in [-0.2, 0) is 4.74 Å². The molecule has 0 aromatic carbocycles. The highest BCUT2D eigenvalue weighted by Gasteiger charge is 2.29. The SMILES string of the molecule is CCCC(C)(CO)C(C)COC. The molecule has 2 nitrogen and oxygen atoms in total. The molecule has 2 heteroatoms. The molecule has 1 N–H and O–H groups in total. The van der Waals surface area contributed by atoms with Gasteiger partial charge in [0.2, 0.25) is 0 Å². The maximum Gasteiger partial charge on any atom is 0.0493 e. The molecule has 2 atom stereocenters. The van der Waals surface area contributed by atoms with Gasteiger partial charge in [-0.3, -0.25) is 0 Å². The summed E-state index contributed by atoms with van der Waals surface area (Å²) in [6.07, 6.45) is 2.18. The molecule has 0 heterocycles. The molecule has 0 saturated carbocycles. The smallest absolute Gasteiger partial charge is 0.0493 e. The van der Waals surface area contributed by atoms with E-state index >= 15 is 0 Å². The predicted molar refractivity (Wildman–Crippen MR) is 51.1 cm³/mol. The van der Waals surface area contributed by atoms with Crippen molar-refractivity contribution < 1.29 is 9.84 Å². The van der Waals surface area contributed by atoms with Crippen LogP contribution in [0.5, 0.6) is 0 Å². The van der Waals surface area contributed by atoms with Crippen molar-refractivity contribution in [2.75, 3.05) is 20.3 Å². The monoisotopic (exact) mass is 174 g/mol. The van der Waals surface area contributed by atoms with Gasteiger partial charge in [0.1, 0.15) is 0 Å². The summed E-state index contributed by atoms with van der Waals surface area (Å²) < 4.78 is 5.09. The second-order valence-corrected chi connectivity index (χ2v) is 3.92. The molecule has 74 valence electrons. The standard InChI is InChI=1S/C10H22O2/c1-5-6-10(3,8-11)9(2)7-12-4/h9,11H,5-8H2,1-4H3. The maximum atomic E-state index is 9.26. The summed E-state index contributed by atoms with van der Waals surface area (Å²) in [4.78, 5) is 0. The van der Waals surface area contributed by atoms with E-state index in [9.17, 15) is 5.11 Å². The molecule has 0 bridgehead atoms. The second kappa shape index (κ2) is 5.55. The molecule has 2 unspecified atom stereocenters. The summed E-state index contributed by atoms with van der Waals surface area (Å²) in [6.45, 7) is 7.39. The van der Waals surface area contributed by atoms with Crippen molar-refractivity contribution in [1.29, 1.82) is 0 Å². The van der Waals surface area contributed by atoms with Crippen LogP contribution >= 0.6 is 0 Å². The van der Waals surface area contributed by atoms with Gasteiger partial charge in [-0.05, 0) is 17.8 Å². The molecule has 12 heavy (non-hydrogen) atoms. The molecule has 0 aliphatic carbocycles. The Labute approximate surface area is 75.9 Å². The number of hydrogen-bond donors (Lipinski definition) is 1. The van der Waals surface area contributed by atoms with Gasteiger partial charge < -0.3 is 9.84 Å². The molecule has 0 aliphatic rings. The lowest BCUT2D eigenvalue weighted by atomic mass is 9.76. The van der Waals surface area contributed by atoms with Crippen molar-refractivity contribution in [1.82, 2.24) is 0 Å². The van der Waals surface area contributed by atoms with Gasteiger partial charge >= 0.3 is 0 Å². The van der Waals surface area contributed by atoms with E-state index < -0.39 is 0 Å². The van der Waals surface area contributed by atoms with Crippen LogP contribution in [0.25, 0.3) is 0 Å². The van der Waals surface area contributed by atoms with E-state index in [1.165, 1.54) is 0 Å². The first kappa shape index (κ1) is 11.9. The Morgan fingerprint density at radius 3 is 2.42 bits per heavy atom. The molecule has 0 spiro atoms. The fraction of sp³-hybridized carbons (Fsp3) is 1.00. The van der Waals surface area contributed by atoms with Gasteiger partial charge in [-0.1, -0.05) is 27.2 Å². The Bertz CT molecular complexity index is 114. The number of hydrogen-bond acceptors (Lipinski definition) is 2. The van der Waals surface area contributed by atoms with Crippen LogP contribution in [0.1, 0.15) is 33.6 Å². The first-order chi connectivity index (χ1) is 5.60. The first-order valence-corrected chi connectivity index (χ1v) is 4.70. The normalized spacial score (nSPS) is 18.8. The average molecular weight is 174 g/mol. The molecule has 0 aromatic heterocycles. The zero-order valence-corrected chi connectivity index (χ0v) is 8.76. The molecule has 0 aromatic rings. The largest absolute Gasteiger partial charge is 0.396 e. The van der Waals surface area contributed by atoms with Crippen molar-refractivity contribution in [2.45, 2.75) is 33.6 Å². The van der Waals surface area contributed by atoms with E-state index in [0.717, 1.165) is 19.4 Å². The van der Waals surface area contributed by atoms with Crippen molar-refractivity contribution in [3.8, 4) is 0 Å². The summed E-state index contributed by atoms with van der Waals surface area (Å²) in [5, 5.41) is 9.26. The van der Waals surface area contributed by atoms with Crippen LogP contribution in [0.4, 0.5) is 0 Å². The number of aliphatic hydroxyl groups excluding tert-OH is 1. The van der Waals surface area contributed by atoms with Crippen LogP contribution in [0.3, 0.4) is 0 Å². The maximum absolute atomic E-state index is 9.26. The van der Waals surface area contributed by atoms with Crippen molar-refractivity contribution in [3.05, 3.63) is 0 Å². The summed E-state index contributed by atoms with van der Waals surface area (Å²) in [7, 11) is 1.71. The van der Waals surface area contributed by atoms with Gasteiger partial charge in [-0.25, -0.2) is 0 Å². The average Bonchev–Trinajstić information content (AvgIpc) is 2.05. The van der Waals surface area contributed by atoms with E-state index in [1.807, 2.05) is 0 Å². The summed E-state index contributed by atoms with van der Waals surface area (Å²) in [6, 6.07) is 0. The molecule has 0 amide bonds. The third-order valence-corrected chi connectivity index (χ3v) is 2.79. The van der Waals surface area contributed by atoms with Gasteiger partial charge in [0, 0.05) is 20.3 Å². The van der Waals surface area contributed by atoms with Crippen molar-refractivity contribution >= 4 is 0 Å². The van der Waals surface area contributed by atoms with Crippen LogP contribution in [0, 0.1) is 11.3 Å². The number of methoxy groups -OCH3 is 1. The zero-order valence-electron chi connectivity index (χ0n) is 8.76. The van der Waals surface area contributed by atoms with Crippen LogP contribution in [-0.4, -0.2) is 25.4 Å². The Kier molecular flexibility index (Phi) is 5.51. The second-order valence-electron chi connectivity index (χ2n) is 3.92. The minimum atomic E-state index is 0.0325. The predicted octanol–water partition coefficient (Wildman–Crippen LogP) is 2.07. The highest BCUT2D eigenvalue weighted by Crippen LogP contribution is 2.31. The van der Waals surface area contributed by atoms with Crippen LogP contribution in [0.2, 0.25) is 0 Å². The third kappa shape index (κ3) is 3.11. The lowest BCUT2D eigenvalue weighted by Gasteiger charge is -2.33.